The Balaban J connectivity index is 2.90. The van der Waals surface area contributed by atoms with Crippen LogP contribution in [0.4, 0.5) is 5.69 Å². The van der Waals surface area contributed by atoms with Gasteiger partial charge in [-0.05, 0) is 19.9 Å². The largest absolute Gasteiger partial charge is 0.315 e. The van der Waals surface area contributed by atoms with Gasteiger partial charge in [0.2, 0.25) is 5.65 Å². The lowest BCUT2D eigenvalue weighted by atomic mass is 10.2. The van der Waals surface area contributed by atoms with Crippen molar-refractivity contribution in [1.82, 2.24) is 9.38 Å². The molecule has 0 spiro atoms. The lowest BCUT2D eigenvalue weighted by Crippen LogP contribution is -1.97. The standard InChI is InChI=1S/C9H9N3O2/c1-6-3-4-11-7(2)5-10-9(11)8(6)12(13)14/h3-5H,1-2H3. The van der Waals surface area contributed by atoms with Crippen molar-refractivity contribution in [3.8, 4) is 0 Å². The number of aromatic nitrogens is 2. The molecule has 0 N–H and O–H groups in total. The molecule has 2 rings (SSSR count). The van der Waals surface area contributed by atoms with E-state index in [1.165, 1.54) is 0 Å². The Morgan fingerprint density at radius 3 is 2.86 bits per heavy atom. The van der Waals surface area contributed by atoms with Crippen LogP contribution >= 0.6 is 0 Å². The van der Waals surface area contributed by atoms with Crippen LogP contribution in [0.15, 0.2) is 18.5 Å². The normalized spacial score (nSPS) is 10.7. The number of imidazole rings is 1. The summed E-state index contributed by atoms with van der Waals surface area (Å²) in [5.74, 6) is 0. The maximum Gasteiger partial charge on any atom is 0.315 e. The monoisotopic (exact) mass is 191 g/mol. The smallest absolute Gasteiger partial charge is 0.299 e. The highest BCUT2D eigenvalue weighted by atomic mass is 16.6. The molecule has 2 heterocycles. The summed E-state index contributed by atoms with van der Waals surface area (Å²) in [4.78, 5) is 14.4. The van der Waals surface area contributed by atoms with Gasteiger partial charge >= 0.3 is 5.69 Å². The van der Waals surface area contributed by atoms with Gasteiger partial charge in [0.05, 0.1) is 4.92 Å². The van der Waals surface area contributed by atoms with E-state index in [-0.39, 0.29) is 5.69 Å². The van der Waals surface area contributed by atoms with E-state index in [4.69, 9.17) is 0 Å². The van der Waals surface area contributed by atoms with Gasteiger partial charge in [0.1, 0.15) is 0 Å². The number of nitrogens with zero attached hydrogens (tertiary/aromatic N) is 3. The highest BCUT2D eigenvalue weighted by molar-refractivity contribution is 5.63. The van der Waals surface area contributed by atoms with Crippen LogP contribution in [0.2, 0.25) is 0 Å². The number of aryl methyl sites for hydroxylation is 2. The van der Waals surface area contributed by atoms with E-state index in [0.717, 1.165) is 5.69 Å². The lowest BCUT2D eigenvalue weighted by Gasteiger charge is -1.99. The molecule has 2 aromatic heterocycles. The molecule has 0 aliphatic carbocycles. The SMILES string of the molecule is Cc1ccn2c(C)cnc2c1[N+](=O)[O-]. The number of nitro groups is 1. The van der Waals surface area contributed by atoms with Crippen LogP contribution in [0.3, 0.4) is 0 Å². The van der Waals surface area contributed by atoms with E-state index in [2.05, 4.69) is 4.98 Å². The van der Waals surface area contributed by atoms with Gasteiger partial charge in [-0.3, -0.25) is 14.5 Å². The average Bonchev–Trinajstić information content (AvgIpc) is 2.47. The fourth-order valence-corrected chi connectivity index (χ4v) is 1.48. The number of hydrogen-bond donors (Lipinski definition) is 0. The lowest BCUT2D eigenvalue weighted by molar-refractivity contribution is -0.384. The van der Waals surface area contributed by atoms with Crippen LogP contribution in [0.5, 0.6) is 0 Å². The Bertz CT molecular complexity index is 516. The summed E-state index contributed by atoms with van der Waals surface area (Å²) in [6.45, 7) is 3.57. The second kappa shape index (κ2) is 2.80. The molecule has 0 aliphatic heterocycles. The molecule has 14 heavy (non-hydrogen) atoms. The van der Waals surface area contributed by atoms with Crippen LogP contribution in [0, 0.1) is 24.0 Å². The summed E-state index contributed by atoms with van der Waals surface area (Å²) in [7, 11) is 0. The number of hydrogen-bond acceptors (Lipinski definition) is 3. The molecule has 0 saturated carbocycles. The van der Waals surface area contributed by atoms with Crippen molar-refractivity contribution in [3.05, 3.63) is 39.8 Å². The van der Waals surface area contributed by atoms with E-state index in [1.807, 2.05) is 6.92 Å². The molecule has 0 atom stereocenters. The summed E-state index contributed by atoms with van der Waals surface area (Å²) in [6, 6.07) is 1.72. The van der Waals surface area contributed by atoms with Crippen molar-refractivity contribution in [2.75, 3.05) is 0 Å². The van der Waals surface area contributed by atoms with Gasteiger partial charge < -0.3 is 0 Å². The van der Waals surface area contributed by atoms with E-state index in [1.54, 1.807) is 29.8 Å². The molecular formula is C9H9N3O2. The predicted molar refractivity (Wildman–Crippen MR) is 51.3 cm³/mol. The minimum absolute atomic E-state index is 0.0839. The van der Waals surface area contributed by atoms with Crippen molar-refractivity contribution in [3.63, 3.8) is 0 Å². The summed E-state index contributed by atoms with van der Waals surface area (Å²) in [5, 5.41) is 10.8. The molecule has 2 aromatic rings. The minimum atomic E-state index is -0.392. The Hall–Kier alpha value is -1.91. The molecule has 0 saturated heterocycles. The van der Waals surface area contributed by atoms with Gasteiger partial charge in [0, 0.05) is 23.7 Å². The van der Waals surface area contributed by atoms with E-state index >= 15 is 0 Å². The van der Waals surface area contributed by atoms with Crippen LogP contribution in [-0.4, -0.2) is 14.3 Å². The first-order chi connectivity index (χ1) is 6.61. The molecule has 0 aromatic carbocycles. The molecule has 5 nitrogen and oxygen atoms in total. The summed E-state index contributed by atoms with van der Waals surface area (Å²) in [6.07, 6.45) is 3.42. The summed E-state index contributed by atoms with van der Waals surface area (Å²) >= 11 is 0. The predicted octanol–water partition coefficient (Wildman–Crippen LogP) is 1.86. The molecular weight excluding hydrogens is 182 g/mol. The Morgan fingerprint density at radius 2 is 2.21 bits per heavy atom. The molecule has 72 valence electrons. The third-order valence-corrected chi connectivity index (χ3v) is 2.22. The topological polar surface area (TPSA) is 60.4 Å². The van der Waals surface area contributed by atoms with E-state index < -0.39 is 4.92 Å². The Morgan fingerprint density at radius 1 is 1.50 bits per heavy atom. The maximum atomic E-state index is 10.8. The zero-order valence-corrected chi connectivity index (χ0v) is 7.89. The van der Waals surface area contributed by atoms with E-state index in [0.29, 0.717) is 11.2 Å². The first kappa shape index (κ1) is 8.68. The molecule has 0 bridgehead atoms. The second-order valence-corrected chi connectivity index (χ2v) is 3.20. The van der Waals surface area contributed by atoms with Gasteiger partial charge in [-0.25, -0.2) is 4.98 Å². The van der Waals surface area contributed by atoms with Gasteiger partial charge in [-0.1, -0.05) is 0 Å². The van der Waals surface area contributed by atoms with Crippen molar-refractivity contribution in [2.24, 2.45) is 0 Å². The third-order valence-electron chi connectivity index (χ3n) is 2.22. The third kappa shape index (κ3) is 1.06. The quantitative estimate of drug-likeness (QED) is 0.510. The van der Waals surface area contributed by atoms with E-state index in [9.17, 15) is 10.1 Å². The van der Waals surface area contributed by atoms with Crippen LogP contribution in [-0.2, 0) is 0 Å². The molecule has 0 aliphatic rings. The Kier molecular flexibility index (Phi) is 1.73. The number of pyridine rings is 1. The number of rotatable bonds is 1. The summed E-state index contributed by atoms with van der Waals surface area (Å²) < 4.78 is 1.71. The first-order valence-corrected chi connectivity index (χ1v) is 4.19. The second-order valence-electron chi connectivity index (χ2n) is 3.20. The van der Waals surface area contributed by atoms with Gasteiger partial charge in [-0.15, -0.1) is 0 Å². The minimum Gasteiger partial charge on any atom is -0.299 e. The van der Waals surface area contributed by atoms with Crippen molar-refractivity contribution >= 4 is 11.3 Å². The fraction of sp³-hybridized carbons (Fsp3) is 0.222. The van der Waals surface area contributed by atoms with Gasteiger partial charge in [-0.2, -0.15) is 0 Å². The molecule has 0 radical (unpaired) electrons. The molecule has 0 fully saturated rings. The molecule has 5 heteroatoms. The Labute approximate surface area is 80.2 Å². The summed E-state index contributed by atoms with van der Waals surface area (Å²) in [5.41, 5.74) is 2.02. The highest BCUT2D eigenvalue weighted by Crippen LogP contribution is 2.23. The average molecular weight is 191 g/mol. The van der Waals surface area contributed by atoms with Crippen LogP contribution in [0.1, 0.15) is 11.3 Å². The maximum absolute atomic E-state index is 10.8. The molecule has 0 amide bonds. The van der Waals surface area contributed by atoms with Crippen LogP contribution in [0.25, 0.3) is 5.65 Å². The zero-order chi connectivity index (χ0) is 10.3. The van der Waals surface area contributed by atoms with Gasteiger partial charge in [0.15, 0.2) is 0 Å². The first-order valence-electron chi connectivity index (χ1n) is 4.19. The zero-order valence-electron chi connectivity index (χ0n) is 7.89. The van der Waals surface area contributed by atoms with Crippen molar-refractivity contribution in [1.29, 1.82) is 0 Å². The fourth-order valence-electron chi connectivity index (χ4n) is 1.48. The van der Waals surface area contributed by atoms with Crippen LogP contribution < -0.4 is 0 Å². The van der Waals surface area contributed by atoms with Crippen molar-refractivity contribution in [2.45, 2.75) is 13.8 Å². The molecule has 0 unspecified atom stereocenters. The van der Waals surface area contributed by atoms with Gasteiger partial charge in [0.25, 0.3) is 0 Å². The highest BCUT2D eigenvalue weighted by Gasteiger charge is 2.17. The number of fused-ring (bicyclic) bond motifs is 1. The van der Waals surface area contributed by atoms with Crippen molar-refractivity contribution < 1.29 is 4.92 Å².